The van der Waals surface area contributed by atoms with Crippen LogP contribution in [-0.4, -0.2) is 22.2 Å². The molecule has 0 bridgehead atoms. The first kappa shape index (κ1) is 13.8. The van der Waals surface area contributed by atoms with Gasteiger partial charge in [0.1, 0.15) is 10.0 Å². The van der Waals surface area contributed by atoms with Crippen LogP contribution < -0.4 is 5.32 Å². The van der Waals surface area contributed by atoms with E-state index in [-0.39, 0.29) is 18.8 Å². The van der Waals surface area contributed by atoms with Crippen molar-refractivity contribution in [2.75, 3.05) is 0 Å². The lowest BCUT2D eigenvalue weighted by Gasteiger charge is -2.26. The molecule has 0 aromatic carbocycles. The lowest BCUT2D eigenvalue weighted by atomic mass is 9.87. The number of halogens is 2. The molecule has 1 fully saturated rings. The molecule has 3 nitrogen and oxygen atoms in total. The van der Waals surface area contributed by atoms with E-state index in [1.165, 1.54) is 0 Å². The fourth-order valence-corrected chi connectivity index (χ4v) is 3.04. The van der Waals surface area contributed by atoms with Crippen molar-refractivity contribution in [1.82, 2.24) is 15.5 Å². The summed E-state index contributed by atoms with van der Waals surface area (Å²) in [5.41, 5.74) is 0. The maximum absolute atomic E-state index is 13.1. The molecule has 6 heteroatoms. The molecule has 1 N–H and O–H groups in total. The Morgan fingerprint density at radius 3 is 2.61 bits per heavy atom. The van der Waals surface area contributed by atoms with Crippen molar-refractivity contribution in [3.8, 4) is 0 Å². The van der Waals surface area contributed by atoms with E-state index >= 15 is 0 Å². The molecular formula is C12H19F2N3S. The first-order valence-corrected chi connectivity index (χ1v) is 7.21. The number of hydrogen-bond donors (Lipinski definition) is 1. The minimum atomic E-state index is -2.47. The topological polar surface area (TPSA) is 37.8 Å². The zero-order chi connectivity index (χ0) is 13.2. The van der Waals surface area contributed by atoms with Crippen LogP contribution in [0.5, 0.6) is 0 Å². The van der Waals surface area contributed by atoms with Crippen LogP contribution in [0.25, 0.3) is 0 Å². The Morgan fingerprint density at radius 2 is 2.00 bits per heavy atom. The van der Waals surface area contributed by atoms with Crippen LogP contribution in [0.1, 0.15) is 55.5 Å². The van der Waals surface area contributed by atoms with E-state index < -0.39 is 5.92 Å². The van der Waals surface area contributed by atoms with Crippen molar-refractivity contribution >= 4 is 11.3 Å². The maximum Gasteiger partial charge on any atom is 0.248 e. The van der Waals surface area contributed by atoms with Crippen molar-refractivity contribution in [3.05, 3.63) is 10.0 Å². The molecule has 2 rings (SSSR count). The summed E-state index contributed by atoms with van der Waals surface area (Å²) in [6, 6.07) is 0.408. The molecule has 18 heavy (non-hydrogen) atoms. The average molecular weight is 275 g/mol. The van der Waals surface area contributed by atoms with E-state index in [1.54, 1.807) is 11.3 Å². The van der Waals surface area contributed by atoms with Crippen LogP contribution in [0.2, 0.25) is 0 Å². The van der Waals surface area contributed by atoms with Gasteiger partial charge in [0.15, 0.2) is 0 Å². The van der Waals surface area contributed by atoms with Gasteiger partial charge in [-0.3, -0.25) is 0 Å². The highest BCUT2D eigenvalue weighted by Gasteiger charge is 2.36. The second kappa shape index (κ2) is 5.57. The third-order valence-electron chi connectivity index (χ3n) is 3.21. The molecule has 0 aliphatic heterocycles. The van der Waals surface area contributed by atoms with Gasteiger partial charge >= 0.3 is 0 Å². The SMILES string of the molecule is CC(C)NCc1nnc(C2CCC(F)(F)CC2)s1. The largest absolute Gasteiger partial charge is 0.308 e. The average Bonchev–Trinajstić information content (AvgIpc) is 2.75. The molecule has 1 heterocycles. The Bertz CT molecular complexity index is 382. The standard InChI is InChI=1S/C12H19F2N3S/c1-8(2)15-7-10-16-17-11(18-10)9-3-5-12(13,14)6-4-9/h8-9,15H,3-7H2,1-2H3. The van der Waals surface area contributed by atoms with Crippen LogP contribution in [0, 0.1) is 0 Å². The Balaban J connectivity index is 1.90. The number of nitrogens with one attached hydrogen (secondary N) is 1. The van der Waals surface area contributed by atoms with Gasteiger partial charge in [-0.15, -0.1) is 10.2 Å². The minimum absolute atomic E-state index is 0.0170. The monoisotopic (exact) mass is 275 g/mol. The Hall–Kier alpha value is -0.620. The molecule has 1 saturated carbocycles. The van der Waals surface area contributed by atoms with Crippen molar-refractivity contribution in [1.29, 1.82) is 0 Å². The van der Waals surface area contributed by atoms with Gasteiger partial charge in [0.25, 0.3) is 0 Å². The summed E-state index contributed by atoms with van der Waals surface area (Å²) in [5, 5.41) is 13.4. The van der Waals surface area contributed by atoms with Gasteiger partial charge in [-0.05, 0) is 12.8 Å². The summed E-state index contributed by atoms with van der Waals surface area (Å²) in [5.74, 6) is -2.29. The Morgan fingerprint density at radius 1 is 1.33 bits per heavy atom. The molecule has 0 radical (unpaired) electrons. The van der Waals surface area contributed by atoms with Crippen LogP contribution in [0.3, 0.4) is 0 Å². The van der Waals surface area contributed by atoms with Crippen LogP contribution in [0.4, 0.5) is 8.78 Å². The molecule has 0 amide bonds. The summed E-state index contributed by atoms with van der Waals surface area (Å²) < 4.78 is 26.1. The van der Waals surface area contributed by atoms with E-state index in [0.717, 1.165) is 10.0 Å². The zero-order valence-corrected chi connectivity index (χ0v) is 11.6. The third-order valence-corrected chi connectivity index (χ3v) is 4.30. The number of nitrogens with zero attached hydrogens (tertiary/aromatic N) is 2. The lowest BCUT2D eigenvalue weighted by Crippen LogP contribution is -2.23. The fourth-order valence-electron chi connectivity index (χ4n) is 2.08. The third kappa shape index (κ3) is 3.68. The van der Waals surface area contributed by atoms with Crippen molar-refractivity contribution in [2.24, 2.45) is 0 Å². The van der Waals surface area contributed by atoms with E-state index in [4.69, 9.17) is 0 Å². The van der Waals surface area contributed by atoms with Gasteiger partial charge in [0.05, 0.1) is 0 Å². The van der Waals surface area contributed by atoms with E-state index in [0.29, 0.717) is 25.4 Å². The highest BCUT2D eigenvalue weighted by molar-refractivity contribution is 7.11. The lowest BCUT2D eigenvalue weighted by molar-refractivity contribution is -0.0382. The quantitative estimate of drug-likeness (QED) is 0.916. The van der Waals surface area contributed by atoms with E-state index in [1.807, 2.05) is 0 Å². The second-order valence-corrected chi connectivity index (χ2v) is 6.29. The van der Waals surface area contributed by atoms with Crippen molar-refractivity contribution in [2.45, 2.75) is 64.0 Å². The maximum atomic E-state index is 13.1. The first-order valence-electron chi connectivity index (χ1n) is 6.40. The second-order valence-electron chi connectivity index (χ2n) is 5.20. The van der Waals surface area contributed by atoms with Crippen LogP contribution in [-0.2, 0) is 6.54 Å². The predicted octanol–water partition coefficient (Wildman–Crippen LogP) is 3.33. The van der Waals surface area contributed by atoms with Crippen molar-refractivity contribution in [3.63, 3.8) is 0 Å². The molecule has 1 aromatic heterocycles. The van der Waals surface area contributed by atoms with Gasteiger partial charge in [-0.25, -0.2) is 8.78 Å². The van der Waals surface area contributed by atoms with Crippen LogP contribution in [0.15, 0.2) is 0 Å². The first-order chi connectivity index (χ1) is 8.46. The summed E-state index contributed by atoms with van der Waals surface area (Å²) in [6.45, 7) is 4.86. The highest BCUT2D eigenvalue weighted by atomic mass is 32.1. The molecule has 1 aliphatic carbocycles. The number of aromatic nitrogens is 2. The molecule has 0 saturated heterocycles. The summed E-state index contributed by atoms with van der Waals surface area (Å²) in [7, 11) is 0. The Labute approximate surface area is 110 Å². The van der Waals surface area contributed by atoms with E-state index in [2.05, 4.69) is 29.4 Å². The molecule has 0 unspecified atom stereocenters. The van der Waals surface area contributed by atoms with Gasteiger partial charge in [-0.1, -0.05) is 25.2 Å². The summed E-state index contributed by atoms with van der Waals surface area (Å²) >= 11 is 1.55. The van der Waals surface area contributed by atoms with Gasteiger partial charge < -0.3 is 5.32 Å². The highest BCUT2D eigenvalue weighted by Crippen LogP contribution is 2.41. The zero-order valence-electron chi connectivity index (χ0n) is 10.7. The molecule has 1 aromatic rings. The number of rotatable bonds is 4. The van der Waals surface area contributed by atoms with Crippen LogP contribution >= 0.6 is 11.3 Å². The fraction of sp³-hybridized carbons (Fsp3) is 0.833. The van der Waals surface area contributed by atoms with Gasteiger partial charge in [0, 0.05) is 31.3 Å². The van der Waals surface area contributed by atoms with E-state index in [9.17, 15) is 8.78 Å². The minimum Gasteiger partial charge on any atom is -0.308 e. The molecule has 1 aliphatic rings. The summed E-state index contributed by atoms with van der Waals surface area (Å²) in [6.07, 6.45) is 1.02. The molecule has 102 valence electrons. The molecule has 0 spiro atoms. The predicted molar refractivity (Wildman–Crippen MR) is 68.0 cm³/mol. The molecule has 0 atom stereocenters. The normalized spacial score (nSPS) is 20.5. The number of hydrogen-bond acceptors (Lipinski definition) is 4. The summed E-state index contributed by atoms with van der Waals surface area (Å²) in [4.78, 5) is 0. The Kier molecular flexibility index (Phi) is 4.27. The number of alkyl halides is 2. The molecular weight excluding hydrogens is 256 g/mol. The van der Waals surface area contributed by atoms with Gasteiger partial charge in [0.2, 0.25) is 5.92 Å². The van der Waals surface area contributed by atoms with Crippen molar-refractivity contribution < 1.29 is 8.78 Å². The van der Waals surface area contributed by atoms with Gasteiger partial charge in [-0.2, -0.15) is 0 Å². The smallest absolute Gasteiger partial charge is 0.248 e.